The summed E-state index contributed by atoms with van der Waals surface area (Å²) < 4.78 is 0. The van der Waals surface area contributed by atoms with Gasteiger partial charge in [0, 0.05) is 19.8 Å². The van der Waals surface area contributed by atoms with Gasteiger partial charge in [-0.15, -0.1) is 0 Å². The Kier molecular flexibility index (Phi) is 2.80. The Hall–Kier alpha value is -1.38. The van der Waals surface area contributed by atoms with E-state index in [1.807, 2.05) is 43.3 Å². The quantitative estimate of drug-likeness (QED) is 0.640. The standard InChI is InChI=1S/C9H12N2O/c1-11(2)9-5-3-4-8(6-9)7-10-12/h3-6H,7H2,1-2H3. The van der Waals surface area contributed by atoms with Gasteiger partial charge in [0.1, 0.15) is 6.54 Å². The van der Waals surface area contributed by atoms with Gasteiger partial charge in [0.2, 0.25) is 0 Å². The third-order valence-electron chi connectivity index (χ3n) is 1.67. The number of benzene rings is 1. The minimum absolute atomic E-state index is 0.252. The lowest BCUT2D eigenvalue weighted by molar-refractivity contribution is 1.04. The molecule has 0 atom stereocenters. The average molecular weight is 164 g/mol. The Morgan fingerprint density at radius 1 is 1.42 bits per heavy atom. The molecule has 0 N–H and O–H groups in total. The first-order chi connectivity index (χ1) is 5.74. The van der Waals surface area contributed by atoms with Crippen LogP contribution in [-0.4, -0.2) is 14.1 Å². The van der Waals surface area contributed by atoms with Crippen molar-refractivity contribution in [2.45, 2.75) is 6.54 Å². The van der Waals surface area contributed by atoms with Crippen molar-refractivity contribution in [3.8, 4) is 0 Å². The molecular formula is C9H12N2O. The molecule has 0 aliphatic carbocycles. The maximum Gasteiger partial charge on any atom is 0.106 e. The normalized spacial score (nSPS) is 9.50. The van der Waals surface area contributed by atoms with Crippen LogP contribution >= 0.6 is 0 Å². The number of hydrogen-bond acceptors (Lipinski definition) is 3. The fourth-order valence-corrected chi connectivity index (χ4v) is 1.01. The van der Waals surface area contributed by atoms with Crippen molar-refractivity contribution in [3.63, 3.8) is 0 Å². The summed E-state index contributed by atoms with van der Waals surface area (Å²) in [5.41, 5.74) is 2.05. The predicted octanol–water partition coefficient (Wildman–Crippen LogP) is 2.02. The van der Waals surface area contributed by atoms with Crippen LogP contribution in [0.15, 0.2) is 29.4 Å². The van der Waals surface area contributed by atoms with E-state index in [1.54, 1.807) is 0 Å². The van der Waals surface area contributed by atoms with Gasteiger partial charge in [-0.3, -0.25) is 0 Å². The van der Waals surface area contributed by atoms with Crippen molar-refractivity contribution in [2.75, 3.05) is 19.0 Å². The lowest BCUT2D eigenvalue weighted by Crippen LogP contribution is -2.08. The zero-order valence-electron chi connectivity index (χ0n) is 7.32. The molecule has 0 saturated carbocycles. The molecule has 3 heteroatoms. The predicted molar refractivity (Wildman–Crippen MR) is 50.3 cm³/mol. The number of nitroso groups, excluding NO2 is 1. The Morgan fingerprint density at radius 3 is 2.75 bits per heavy atom. The van der Waals surface area contributed by atoms with E-state index < -0.39 is 0 Å². The van der Waals surface area contributed by atoms with Crippen molar-refractivity contribution >= 4 is 5.69 Å². The molecular weight excluding hydrogens is 152 g/mol. The summed E-state index contributed by atoms with van der Waals surface area (Å²) >= 11 is 0. The van der Waals surface area contributed by atoms with Gasteiger partial charge in [0.15, 0.2) is 0 Å². The molecule has 0 fully saturated rings. The molecule has 0 radical (unpaired) electrons. The molecule has 12 heavy (non-hydrogen) atoms. The summed E-state index contributed by atoms with van der Waals surface area (Å²) in [6.45, 7) is 0.252. The van der Waals surface area contributed by atoms with Gasteiger partial charge in [-0.2, -0.15) is 4.91 Å². The van der Waals surface area contributed by atoms with E-state index in [-0.39, 0.29) is 6.54 Å². The van der Waals surface area contributed by atoms with Gasteiger partial charge in [0.05, 0.1) is 0 Å². The van der Waals surface area contributed by atoms with Gasteiger partial charge in [-0.25, -0.2) is 0 Å². The fourth-order valence-electron chi connectivity index (χ4n) is 1.01. The van der Waals surface area contributed by atoms with E-state index in [0.29, 0.717) is 0 Å². The van der Waals surface area contributed by atoms with Crippen LogP contribution < -0.4 is 4.90 Å². The van der Waals surface area contributed by atoms with Crippen LogP contribution in [0, 0.1) is 4.91 Å². The molecule has 0 aromatic heterocycles. The lowest BCUT2D eigenvalue weighted by atomic mass is 10.2. The summed E-state index contributed by atoms with van der Waals surface area (Å²) in [7, 11) is 3.93. The molecule has 0 saturated heterocycles. The number of anilines is 1. The molecule has 0 spiro atoms. The van der Waals surface area contributed by atoms with Crippen LogP contribution in [0.1, 0.15) is 5.56 Å². The highest BCUT2D eigenvalue weighted by Gasteiger charge is 1.96. The largest absolute Gasteiger partial charge is 0.378 e. The Balaban J connectivity index is 2.87. The van der Waals surface area contributed by atoms with E-state index in [1.165, 1.54) is 0 Å². The monoisotopic (exact) mass is 164 g/mol. The highest BCUT2D eigenvalue weighted by Crippen LogP contribution is 2.13. The molecule has 0 amide bonds. The molecule has 1 aromatic rings. The van der Waals surface area contributed by atoms with Gasteiger partial charge >= 0.3 is 0 Å². The zero-order valence-corrected chi connectivity index (χ0v) is 7.32. The molecule has 0 bridgehead atoms. The Bertz CT molecular complexity index is 271. The van der Waals surface area contributed by atoms with Gasteiger partial charge in [-0.05, 0) is 17.7 Å². The summed E-state index contributed by atoms with van der Waals surface area (Å²) in [6.07, 6.45) is 0. The molecule has 64 valence electrons. The zero-order chi connectivity index (χ0) is 8.97. The smallest absolute Gasteiger partial charge is 0.106 e. The molecule has 0 heterocycles. The van der Waals surface area contributed by atoms with E-state index in [9.17, 15) is 4.91 Å². The summed E-state index contributed by atoms with van der Waals surface area (Å²) in [6, 6.07) is 7.78. The van der Waals surface area contributed by atoms with E-state index in [0.717, 1.165) is 11.3 Å². The maximum absolute atomic E-state index is 9.99. The first kappa shape index (κ1) is 8.71. The van der Waals surface area contributed by atoms with Gasteiger partial charge in [0.25, 0.3) is 0 Å². The van der Waals surface area contributed by atoms with Crippen molar-refractivity contribution in [2.24, 2.45) is 5.18 Å². The third kappa shape index (κ3) is 2.05. The molecule has 0 unspecified atom stereocenters. The first-order valence-corrected chi connectivity index (χ1v) is 3.79. The second-order valence-corrected chi connectivity index (χ2v) is 2.85. The molecule has 0 aliphatic rings. The second-order valence-electron chi connectivity index (χ2n) is 2.85. The first-order valence-electron chi connectivity index (χ1n) is 3.79. The second kappa shape index (κ2) is 3.85. The fraction of sp³-hybridized carbons (Fsp3) is 0.333. The summed E-state index contributed by atoms with van der Waals surface area (Å²) in [4.78, 5) is 12.0. The van der Waals surface area contributed by atoms with Crippen LogP contribution in [0.5, 0.6) is 0 Å². The minimum Gasteiger partial charge on any atom is -0.378 e. The van der Waals surface area contributed by atoms with Crippen LogP contribution in [0.25, 0.3) is 0 Å². The van der Waals surface area contributed by atoms with Crippen molar-refractivity contribution < 1.29 is 0 Å². The molecule has 0 aliphatic heterocycles. The van der Waals surface area contributed by atoms with E-state index in [4.69, 9.17) is 0 Å². The van der Waals surface area contributed by atoms with E-state index in [2.05, 4.69) is 5.18 Å². The number of rotatable bonds is 3. The average Bonchev–Trinajstić information content (AvgIpc) is 2.05. The summed E-state index contributed by atoms with van der Waals surface area (Å²) in [5, 5.41) is 2.84. The SMILES string of the molecule is CN(C)c1cccc(CN=O)c1. The highest BCUT2D eigenvalue weighted by atomic mass is 16.3. The lowest BCUT2D eigenvalue weighted by Gasteiger charge is -2.12. The number of nitrogens with zero attached hydrogens (tertiary/aromatic N) is 2. The van der Waals surface area contributed by atoms with Crippen molar-refractivity contribution in [1.82, 2.24) is 0 Å². The summed E-state index contributed by atoms with van der Waals surface area (Å²) in [5.74, 6) is 0. The van der Waals surface area contributed by atoms with E-state index >= 15 is 0 Å². The van der Waals surface area contributed by atoms with Crippen molar-refractivity contribution in [3.05, 3.63) is 34.7 Å². The topological polar surface area (TPSA) is 32.7 Å². The van der Waals surface area contributed by atoms with Crippen molar-refractivity contribution in [1.29, 1.82) is 0 Å². The molecule has 1 rings (SSSR count). The highest BCUT2D eigenvalue weighted by molar-refractivity contribution is 5.47. The maximum atomic E-state index is 9.99. The van der Waals surface area contributed by atoms with Crippen LogP contribution in [0.2, 0.25) is 0 Å². The van der Waals surface area contributed by atoms with Crippen LogP contribution in [-0.2, 0) is 6.54 Å². The number of hydrogen-bond donors (Lipinski definition) is 0. The molecule has 1 aromatic carbocycles. The Morgan fingerprint density at radius 2 is 2.17 bits per heavy atom. The van der Waals surface area contributed by atoms with Crippen LogP contribution in [0.4, 0.5) is 5.69 Å². The third-order valence-corrected chi connectivity index (χ3v) is 1.67. The Labute approximate surface area is 72.0 Å². The van der Waals surface area contributed by atoms with Gasteiger partial charge < -0.3 is 4.90 Å². The van der Waals surface area contributed by atoms with Gasteiger partial charge in [-0.1, -0.05) is 17.3 Å². The van der Waals surface area contributed by atoms with Crippen LogP contribution in [0.3, 0.4) is 0 Å². The minimum atomic E-state index is 0.252. The molecule has 3 nitrogen and oxygen atoms in total.